The summed E-state index contributed by atoms with van der Waals surface area (Å²) in [4.78, 5) is 2.06. The van der Waals surface area contributed by atoms with E-state index in [0.29, 0.717) is 0 Å². The molecule has 0 saturated heterocycles. The molecule has 0 bridgehead atoms. The smallest absolute Gasteiger partial charge is 0.353 e. The molecular weight excluding hydrogens is 344 g/mol. The topological polar surface area (TPSA) is 95.4 Å². The lowest BCUT2D eigenvalue weighted by Gasteiger charge is -2.11. The molecular formula is C16H23N4O4S+. The number of aryl methyl sites for hydroxylation is 2. The lowest BCUT2D eigenvalue weighted by molar-refractivity contribution is -0.658. The van der Waals surface area contributed by atoms with Crippen LogP contribution in [0, 0.1) is 6.92 Å². The van der Waals surface area contributed by atoms with Crippen LogP contribution in [0.5, 0.6) is 0 Å². The van der Waals surface area contributed by atoms with Gasteiger partial charge in [-0.2, -0.15) is 8.42 Å². The number of hydrogen-bond acceptors (Lipinski definition) is 7. The largest absolute Gasteiger partial charge is 0.378 e. The second kappa shape index (κ2) is 9.21. The zero-order chi connectivity index (χ0) is 19.0. The number of pyridine rings is 1. The van der Waals surface area contributed by atoms with E-state index in [-0.39, 0.29) is 0 Å². The second-order valence-electron chi connectivity index (χ2n) is 5.52. The first-order valence-electron chi connectivity index (χ1n) is 7.31. The van der Waals surface area contributed by atoms with Gasteiger partial charge in [0.25, 0.3) is 10.1 Å². The van der Waals surface area contributed by atoms with Crippen LogP contribution in [-0.2, 0) is 21.5 Å². The lowest BCUT2D eigenvalue weighted by atomic mass is 10.3. The minimum absolute atomic E-state index is 0.743. The zero-order valence-corrected chi connectivity index (χ0v) is 15.7. The summed E-state index contributed by atoms with van der Waals surface area (Å²) in [7, 11) is 2.40. The maximum atomic E-state index is 9.53. The number of benzene rings is 1. The van der Waals surface area contributed by atoms with Gasteiger partial charge in [-0.25, -0.2) is 9.82 Å². The van der Waals surface area contributed by atoms with E-state index >= 15 is 0 Å². The maximum absolute atomic E-state index is 9.53. The summed E-state index contributed by atoms with van der Waals surface area (Å²) in [5.41, 5.74) is 3.12. The number of rotatable bonds is 4. The van der Waals surface area contributed by atoms with Gasteiger partial charge in [-0.05, 0) is 48.4 Å². The molecule has 9 heteroatoms. The maximum Gasteiger partial charge on any atom is 0.353 e. The highest BCUT2D eigenvalue weighted by atomic mass is 32.2. The fraction of sp³-hybridized carbons (Fsp3) is 0.312. The monoisotopic (exact) mass is 367 g/mol. The van der Waals surface area contributed by atoms with Crippen molar-refractivity contribution < 1.29 is 22.6 Å². The van der Waals surface area contributed by atoms with Crippen molar-refractivity contribution in [1.82, 2.24) is 0 Å². The van der Waals surface area contributed by atoms with E-state index in [1.54, 1.807) is 0 Å². The standard InChI is InChI=1S/C15H19N4.CH4O4S/c1-12-6-5-11-19(4)15(12)17-16-13-7-9-14(10-8-13)18(2)3;1-6(3,4)5-2/h5-11H,1-4H3;2H,1H3/q+1;. The molecule has 0 aliphatic carbocycles. The minimum atomic E-state index is -3.61. The SMILES string of the molecule is CS(=O)(=O)OO.Cc1ccc[n+](C)c1N=Nc1ccc(N(C)C)cc1. The van der Waals surface area contributed by atoms with Crippen molar-refractivity contribution in [2.45, 2.75) is 6.92 Å². The molecule has 1 N–H and O–H groups in total. The van der Waals surface area contributed by atoms with Crippen LogP contribution in [0.2, 0.25) is 0 Å². The van der Waals surface area contributed by atoms with Gasteiger partial charge < -0.3 is 4.90 Å². The quantitative estimate of drug-likeness (QED) is 0.388. The van der Waals surface area contributed by atoms with Crippen LogP contribution in [0.15, 0.2) is 52.8 Å². The molecule has 2 aromatic rings. The van der Waals surface area contributed by atoms with E-state index in [1.807, 2.05) is 75.2 Å². The Morgan fingerprint density at radius 3 is 2.12 bits per heavy atom. The highest BCUT2D eigenvalue weighted by Gasteiger charge is 2.09. The summed E-state index contributed by atoms with van der Waals surface area (Å²) < 4.78 is 23.9. The Morgan fingerprint density at radius 1 is 1.12 bits per heavy atom. The average Bonchev–Trinajstić information content (AvgIpc) is 2.55. The van der Waals surface area contributed by atoms with Gasteiger partial charge in [-0.3, -0.25) is 0 Å². The van der Waals surface area contributed by atoms with Crippen LogP contribution in [0.3, 0.4) is 0 Å². The molecule has 1 heterocycles. The molecule has 0 unspecified atom stereocenters. The Hall–Kier alpha value is -2.36. The van der Waals surface area contributed by atoms with Crippen molar-refractivity contribution >= 4 is 27.3 Å². The third-order valence-electron chi connectivity index (χ3n) is 3.10. The normalized spacial score (nSPS) is 11.1. The molecule has 0 aliphatic rings. The van der Waals surface area contributed by atoms with Crippen LogP contribution >= 0.6 is 0 Å². The summed E-state index contributed by atoms with van der Waals surface area (Å²) in [6.45, 7) is 2.03. The van der Waals surface area contributed by atoms with Crippen LogP contribution in [0.25, 0.3) is 0 Å². The first kappa shape index (κ1) is 20.7. The number of hydrogen-bond donors (Lipinski definition) is 1. The van der Waals surface area contributed by atoms with E-state index in [0.717, 1.165) is 29.0 Å². The summed E-state index contributed by atoms with van der Waals surface area (Å²) in [6, 6.07) is 12.0. The van der Waals surface area contributed by atoms with E-state index in [4.69, 9.17) is 5.26 Å². The van der Waals surface area contributed by atoms with Crippen molar-refractivity contribution in [2.24, 2.45) is 17.3 Å². The number of nitrogens with zero attached hydrogens (tertiary/aromatic N) is 4. The molecule has 1 aromatic carbocycles. The Balaban J connectivity index is 0.000000450. The van der Waals surface area contributed by atoms with Crippen LogP contribution in [0.1, 0.15) is 5.56 Å². The van der Waals surface area contributed by atoms with Crippen LogP contribution in [0.4, 0.5) is 17.2 Å². The van der Waals surface area contributed by atoms with Crippen LogP contribution < -0.4 is 9.47 Å². The summed E-state index contributed by atoms with van der Waals surface area (Å²) in [6.07, 6.45) is 2.71. The average molecular weight is 367 g/mol. The summed E-state index contributed by atoms with van der Waals surface area (Å²) in [5.74, 6) is 0.874. The molecule has 136 valence electrons. The summed E-state index contributed by atoms with van der Waals surface area (Å²) >= 11 is 0. The molecule has 0 radical (unpaired) electrons. The molecule has 0 spiro atoms. The fourth-order valence-corrected chi connectivity index (χ4v) is 1.81. The fourth-order valence-electron chi connectivity index (χ4n) is 1.81. The van der Waals surface area contributed by atoms with Crippen LogP contribution in [-0.4, -0.2) is 34.0 Å². The molecule has 1 aromatic heterocycles. The van der Waals surface area contributed by atoms with E-state index in [1.165, 1.54) is 0 Å². The first-order chi connectivity index (χ1) is 11.6. The Kier molecular flexibility index (Phi) is 7.62. The van der Waals surface area contributed by atoms with Gasteiger partial charge in [-0.1, -0.05) is 0 Å². The Morgan fingerprint density at radius 2 is 1.68 bits per heavy atom. The van der Waals surface area contributed by atoms with Crippen molar-refractivity contribution in [1.29, 1.82) is 0 Å². The van der Waals surface area contributed by atoms with E-state index < -0.39 is 10.1 Å². The third-order valence-corrected chi connectivity index (χ3v) is 3.38. The molecule has 0 saturated carbocycles. The highest BCUT2D eigenvalue weighted by Crippen LogP contribution is 2.21. The molecule has 2 rings (SSSR count). The molecule has 25 heavy (non-hydrogen) atoms. The third kappa shape index (κ3) is 7.38. The van der Waals surface area contributed by atoms with Gasteiger partial charge >= 0.3 is 5.82 Å². The molecule has 0 fully saturated rings. The van der Waals surface area contributed by atoms with Crippen molar-refractivity contribution in [3.8, 4) is 0 Å². The predicted molar refractivity (Wildman–Crippen MR) is 95.9 cm³/mol. The number of azo groups is 1. The second-order valence-corrected chi connectivity index (χ2v) is 7.07. The Labute approximate surface area is 148 Å². The highest BCUT2D eigenvalue weighted by molar-refractivity contribution is 7.85. The minimum Gasteiger partial charge on any atom is -0.378 e. The van der Waals surface area contributed by atoms with Gasteiger partial charge in [-0.15, -0.1) is 4.33 Å². The van der Waals surface area contributed by atoms with Gasteiger partial charge in [0.2, 0.25) is 0 Å². The van der Waals surface area contributed by atoms with Gasteiger partial charge in [0, 0.05) is 25.3 Å². The van der Waals surface area contributed by atoms with Gasteiger partial charge in [0.05, 0.1) is 24.6 Å². The summed E-state index contributed by atoms with van der Waals surface area (Å²) in [5, 5.41) is 15.9. The predicted octanol–water partition coefficient (Wildman–Crippen LogP) is 2.74. The van der Waals surface area contributed by atoms with Gasteiger partial charge in [0.1, 0.15) is 5.69 Å². The van der Waals surface area contributed by atoms with Gasteiger partial charge in [0.15, 0.2) is 0 Å². The first-order valence-corrected chi connectivity index (χ1v) is 9.13. The Bertz CT molecular complexity index is 798. The molecule has 0 amide bonds. The molecule has 0 atom stereocenters. The molecule has 0 aliphatic heterocycles. The number of anilines is 1. The molecule has 8 nitrogen and oxygen atoms in total. The van der Waals surface area contributed by atoms with E-state index in [2.05, 4.69) is 19.5 Å². The van der Waals surface area contributed by atoms with Crippen molar-refractivity contribution in [3.63, 3.8) is 0 Å². The number of aromatic nitrogens is 1. The zero-order valence-electron chi connectivity index (χ0n) is 14.9. The lowest BCUT2D eigenvalue weighted by Crippen LogP contribution is -2.27. The van der Waals surface area contributed by atoms with Crippen molar-refractivity contribution in [2.75, 3.05) is 25.3 Å². The van der Waals surface area contributed by atoms with E-state index in [9.17, 15) is 8.42 Å². The van der Waals surface area contributed by atoms with Crippen molar-refractivity contribution in [3.05, 3.63) is 48.2 Å².